The molecule has 2 rings (SSSR count). The minimum Gasteiger partial charge on any atom is -0.330 e. The summed E-state index contributed by atoms with van der Waals surface area (Å²) in [5.74, 6) is 0.870. The summed E-state index contributed by atoms with van der Waals surface area (Å²) >= 11 is 0. The normalized spacial score (nSPS) is 17.4. The van der Waals surface area contributed by atoms with Crippen LogP contribution in [0.5, 0.6) is 0 Å². The Kier molecular flexibility index (Phi) is 6.69. The van der Waals surface area contributed by atoms with E-state index in [0.717, 1.165) is 19.0 Å². The van der Waals surface area contributed by atoms with Crippen LogP contribution in [-0.2, 0) is 6.54 Å². The number of nitrogens with two attached hydrogens (primary N) is 1. The Labute approximate surface area is 117 Å². The van der Waals surface area contributed by atoms with Crippen molar-refractivity contribution < 1.29 is 0 Å². The van der Waals surface area contributed by atoms with Gasteiger partial charge in [-0.25, -0.2) is 0 Å². The second-order valence-electron chi connectivity index (χ2n) is 5.28. The van der Waals surface area contributed by atoms with Crippen molar-refractivity contribution in [3.05, 3.63) is 35.4 Å². The molecule has 1 heterocycles. The summed E-state index contributed by atoms with van der Waals surface area (Å²) in [6.07, 6.45) is 3.85. The molecule has 3 heteroatoms. The molecule has 0 atom stereocenters. The van der Waals surface area contributed by atoms with Gasteiger partial charge in [0, 0.05) is 6.54 Å². The van der Waals surface area contributed by atoms with E-state index >= 15 is 0 Å². The maximum atomic E-state index is 5.62. The van der Waals surface area contributed by atoms with E-state index in [0.29, 0.717) is 0 Å². The Balaban J connectivity index is 0.00000162. The minimum absolute atomic E-state index is 0. The van der Waals surface area contributed by atoms with Gasteiger partial charge < -0.3 is 5.73 Å². The molecule has 2 nitrogen and oxygen atoms in total. The molecule has 1 aliphatic rings. The quantitative estimate of drug-likeness (QED) is 0.910. The van der Waals surface area contributed by atoms with Gasteiger partial charge in [-0.2, -0.15) is 0 Å². The lowest BCUT2D eigenvalue weighted by atomic mass is 9.93. The van der Waals surface area contributed by atoms with E-state index in [2.05, 4.69) is 36.1 Å². The highest BCUT2D eigenvalue weighted by atomic mass is 35.5. The van der Waals surface area contributed by atoms with Crippen LogP contribution < -0.4 is 5.73 Å². The fourth-order valence-corrected chi connectivity index (χ4v) is 2.62. The molecule has 0 radical (unpaired) electrons. The summed E-state index contributed by atoms with van der Waals surface area (Å²) in [5, 5.41) is 0. The number of benzene rings is 1. The number of halogens is 1. The maximum Gasteiger partial charge on any atom is 0.0233 e. The highest BCUT2D eigenvalue weighted by Gasteiger charge is 2.18. The van der Waals surface area contributed by atoms with Gasteiger partial charge in [-0.1, -0.05) is 29.8 Å². The number of hydrogen-bond acceptors (Lipinski definition) is 2. The van der Waals surface area contributed by atoms with Gasteiger partial charge in [0.05, 0.1) is 0 Å². The van der Waals surface area contributed by atoms with Gasteiger partial charge in [0.1, 0.15) is 0 Å². The highest BCUT2D eigenvalue weighted by Crippen LogP contribution is 2.21. The number of nitrogens with zero attached hydrogens (tertiary/aromatic N) is 1. The van der Waals surface area contributed by atoms with Crippen molar-refractivity contribution in [2.24, 2.45) is 11.7 Å². The summed E-state index contributed by atoms with van der Waals surface area (Å²) < 4.78 is 0. The van der Waals surface area contributed by atoms with Gasteiger partial charge in [-0.3, -0.25) is 4.90 Å². The Morgan fingerprint density at radius 3 is 2.33 bits per heavy atom. The van der Waals surface area contributed by atoms with Crippen LogP contribution >= 0.6 is 12.4 Å². The molecule has 0 saturated carbocycles. The molecule has 1 aromatic carbocycles. The summed E-state index contributed by atoms with van der Waals surface area (Å²) in [6.45, 7) is 6.57. The average Bonchev–Trinajstić information content (AvgIpc) is 2.35. The predicted octanol–water partition coefficient (Wildman–Crippen LogP) is 2.98. The summed E-state index contributed by atoms with van der Waals surface area (Å²) in [6, 6.07) is 8.91. The summed E-state index contributed by atoms with van der Waals surface area (Å²) in [7, 11) is 0. The first-order chi connectivity index (χ1) is 8.28. The molecular formula is C15H25ClN2. The van der Waals surface area contributed by atoms with Gasteiger partial charge >= 0.3 is 0 Å². The average molecular weight is 269 g/mol. The first-order valence-electron chi connectivity index (χ1n) is 6.76. The van der Waals surface area contributed by atoms with E-state index < -0.39 is 0 Å². The van der Waals surface area contributed by atoms with Gasteiger partial charge in [0.15, 0.2) is 0 Å². The number of hydrogen-bond donors (Lipinski definition) is 1. The third-order valence-electron chi connectivity index (χ3n) is 3.81. The molecule has 0 aromatic heterocycles. The van der Waals surface area contributed by atoms with Crippen LogP contribution in [0.3, 0.4) is 0 Å². The topological polar surface area (TPSA) is 29.3 Å². The van der Waals surface area contributed by atoms with E-state index in [-0.39, 0.29) is 12.4 Å². The van der Waals surface area contributed by atoms with Crippen molar-refractivity contribution >= 4 is 12.4 Å². The molecule has 1 fully saturated rings. The van der Waals surface area contributed by atoms with Crippen LogP contribution in [0.2, 0.25) is 0 Å². The largest absolute Gasteiger partial charge is 0.330 e. The number of aryl methyl sites for hydroxylation is 1. The van der Waals surface area contributed by atoms with Gasteiger partial charge in [0.25, 0.3) is 0 Å². The van der Waals surface area contributed by atoms with E-state index in [1.54, 1.807) is 0 Å². The molecule has 0 unspecified atom stereocenters. The molecule has 1 saturated heterocycles. The van der Waals surface area contributed by atoms with Crippen LogP contribution in [0.1, 0.15) is 30.4 Å². The fraction of sp³-hybridized carbons (Fsp3) is 0.600. The lowest BCUT2D eigenvalue weighted by molar-refractivity contribution is 0.173. The number of likely N-dealkylation sites (tertiary alicyclic amines) is 1. The minimum atomic E-state index is 0. The molecule has 2 N–H and O–H groups in total. The standard InChI is InChI=1S/C15H24N2.ClH/c1-13-2-4-15(5-3-13)12-17-10-7-14(6-9-16)8-11-17;/h2-5,14H,6-12,16H2,1H3;1H. The van der Waals surface area contributed by atoms with Crippen LogP contribution in [0.15, 0.2) is 24.3 Å². The SMILES string of the molecule is Cc1ccc(CN2CCC(CCN)CC2)cc1.Cl. The van der Waals surface area contributed by atoms with Crippen molar-refractivity contribution in [3.8, 4) is 0 Å². The molecule has 18 heavy (non-hydrogen) atoms. The summed E-state index contributed by atoms with van der Waals surface area (Å²) in [4.78, 5) is 2.57. The molecule has 1 aliphatic heterocycles. The van der Waals surface area contributed by atoms with Crippen LogP contribution in [0.25, 0.3) is 0 Å². The Bertz CT molecular complexity index is 329. The van der Waals surface area contributed by atoms with E-state index in [9.17, 15) is 0 Å². The van der Waals surface area contributed by atoms with Gasteiger partial charge in [-0.15, -0.1) is 12.4 Å². The lowest BCUT2D eigenvalue weighted by Gasteiger charge is -2.31. The summed E-state index contributed by atoms with van der Waals surface area (Å²) in [5.41, 5.74) is 8.40. The van der Waals surface area contributed by atoms with Crippen molar-refractivity contribution in [3.63, 3.8) is 0 Å². The lowest BCUT2D eigenvalue weighted by Crippen LogP contribution is -2.33. The van der Waals surface area contributed by atoms with E-state index in [1.807, 2.05) is 0 Å². The molecule has 0 bridgehead atoms. The van der Waals surface area contributed by atoms with Crippen LogP contribution in [0.4, 0.5) is 0 Å². The Hall–Kier alpha value is -0.570. The number of piperidine rings is 1. The van der Waals surface area contributed by atoms with Crippen LogP contribution in [0, 0.1) is 12.8 Å². The maximum absolute atomic E-state index is 5.62. The predicted molar refractivity (Wildman–Crippen MR) is 80.1 cm³/mol. The third kappa shape index (κ3) is 4.60. The molecule has 0 amide bonds. The van der Waals surface area contributed by atoms with Crippen molar-refractivity contribution in [1.82, 2.24) is 4.90 Å². The van der Waals surface area contributed by atoms with Gasteiger partial charge in [-0.05, 0) is 57.3 Å². The second kappa shape index (κ2) is 7.78. The second-order valence-corrected chi connectivity index (χ2v) is 5.28. The van der Waals surface area contributed by atoms with Crippen molar-refractivity contribution in [1.29, 1.82) is 0 Å². The van der Waals surface area contributed by atoms with Crippen LogP contribution in [-0.4, -0.2) is 24.5 Å². The molecule has 1 aromatic rings. The molecular weight excluding hydrogens is 244 g/mol. The smallest absolute Gasteiger partial charge is 0.0233 e. The molecule has 0 aliphatic carbocycles. The monoisotopic (exact) mass is 268 g/mol. The first-order valence-corrected chi connectivity index (χ1v) is 6.76. The third-order valence-corrected chi connectivity index (χ3v) is 3.81. The zero-order valence-corrected chi connectivity index (χ0v) is 12.1. The zero-order chi connectivity index (χ0) is 12.1. The number of rotatable bonds is 4. The van der Waals surface area contributed by atoms with Crippen molar-refractivity contribution in [2.45, 2.75) is 32.7 Å². The Morgan fingerprint density at radius 2 is 1.78 bits per heavy atom. The fourth-order valence-electron chi connectivity index (χ4n) is 2.62. The molecule has 0 spiro atoms. The Morgan fingerprint density at radius 1 is 1.17 bits per heavy atom. The zero-order valence-electron chi connectivity index (χ0n) is 11.3. The van der Waals surface area contributed by atoms with Gasteiger partial charge in [0.2, 0.25) is 0 Å². The van der Waals surface area contributed by atoms with E-state index in [1.165, 1.54) is 43.5 Å². The highest BCUT2D eigenvalue weighted by molar-refractivity contribution is 5.85. The first kappa shape index (κ1) is 15.5. The van der Waals surface area contributed by atoms with E-state index in [4.69, 9.17) is 5.73 Å². The molecule has 102 valence electrons. The van der Waals surface area contributed by atoms with Crippen molar-refractivity contribution in [2.75, 3.05) is 19.6 Å².